The maximum absolute atomic E-state index is 6.30. The first-order valence-corrected chi connectivity index (χ1v) is 9.95. The van der Waals surface area contributed by atoms with Gasteiger partial charge in [0.1, 0.15) is 6.10 Å². The zero-order chi connectivity index (χ0) is 16.8. The average molecular weight is 350 g/mol. The number of rotatable bonds is 3. The highest BCUT2D eigenvalue weighted by atomic mass is 32.1. The van der Waals surface area contributed by atoms with Gasteiger partial charge in [-0.15, -0.1) is 11.3 Å². The average Bonchev–Trinajstić information content (AvgIpc) is 3.10. The molecule has 2 atom stereocenters. The fourth-order valence-electron chi connectivity index (χ4n) is 4.31. The van der Waals surface area contributed by atoms with Gasteiger partial charge in [-0.25, -0.2) is 4.98 Å². The molecule has 0 spiro atoms. The van der Waals surface area contributed by atoms with Crippen LogP contribution in [0.15, 0.2) is 48.7 Å². The van der Waals surface area contributed by atoms with Crippen LogP contribution in [0, 0.1) is 5.92 Å². The van der Waals surface area contributed by atoms with Gasteiger partial charge in [-0.2, -0.15) is 0 Å². The van der Waals surface area contributed by atoms with Gasteiger partial charge in [0.05, 0.1) is 0 Å². The molecule has 3 fully saturated rings. The smallest absolute Gasteiger partial charge is 0.213 e. The number of thiophene rings is 1. The summed E-state index contributed by atoms with van der Waals surface area (Å²) in [7, 11) is 0. The van der Waals surface area contributed by atoms with Gasteiger partial charge in [0.25, 0.3) is 0 Å². The van der Waals surface area contributed by atoms with Crippen LogP contribution in [-0.2, 0) is 0 Å². The summed E-state index contributed by atoms with van der Waals surface area (Å²) in [6, 6.07) is 15.4. The summed E-state index contributed by atoms with van der Waals surface area (Å²) >= 11 is 1.81. The molecule has 3 saturated heterocycles. The van der Waals surface area contributed by atoms with Crippen molar-refractivity contribution in [2.45, 2.75) is 31.9 Å². The Balaban J connectivity index is 1.36. The van der Waals surface area contributed by atoms with Gasteiger partial charge in [0.15, 0.2) is 0 Å². The van der Waals surface area contributed by atoms with Gasteiger partial charge < -0.3 is 4.74 Å². The molecular weight excluding hydrogens is 328 g/mol. The predicted molar refractivity (Wildman–Crippen MR) is 103 cm³/mol. The summed E-state index contributed by atoms with van der Waals surface area (Å²) in [5.41, 5.74) is 1.16. The molecule has 0 saturated carbocycles. The summed E-state index contributed by atoms with van der Waals surface area (Å²) in [5.74, 6) is 1.44. The Kier molecular flexibility index (Phi) is 3.75. The van der Waals surface area contributed by atoms with Crippen LogP contribution in [0.5, 0.6) is 5.88 Å². The minimum absolute atomic E-state index is 0.283. The molecule has 4 heteroatoms. The van der Waals surface area contributed by atoms with Gasteiger partial charge >= 0.3 is 0 Å². The van der Waals surface area contributed by atoms with Crippen LogP contribution in [0.25, 0.3) is 20.5 Å². The van der Waals surface area contributed by atoms with Crippen molar-refractivity contribution in [2.75, 3.05) is 13.1 Å². The molecule has 3 aliphatic heterocycles. The topological polar surface area (TPSA) is 25.4 Å². The van der Waals surface area contributed by atoms with Crippen molar-refractivity contribution in [3.05, 3.63) is 48.7 Å². The van der Waals surface area contributed by atoms with E-state index < -0.39 is 0 Å². The van der Waals surface area contributed by atoms with Gasteiger partial charge in [-0.1, -0.05) is 18.2 Å². The molecule has 1 aromatic carbocycles. The number of hydrogen-bond donors (Lipinski definition) is 0. The number of nitrogens with zero attached hydrogens (tertiary/aromatic N) is 2. The third-order valence-corrected chi connectivity index (χ3v) is 6.96. The Hall–Kier alpha value is -1.91. The Morgan fingerprint density at radius 2 is 1.96 bits per heavy atom. The first-order valence-electron chi connectivity index (χ1n) is 9.14. The zero-order valence-electron chi connectivity index (χ0n) is 14.4. The van der Waals surface area contributed by atoms with Crippen LogP contribution in [0.3, 0.4) is 0 Å². The highest BCUT2D eigenvalue weighted by Crippen LogP contribution is 2.36. The molecule has 0 aliphatic carbocycles. The lowest BCUT2D eigenvalue weighted by Crippen LogP contribution is -2.58. The molecule has 128 valence electrons. The molecule has 5 heterocycles. The lowest BCUT2D eigenvalue weighted by molar-refractivity contribution is -0.0525. The van der Waals surface area contributed by atoms with Crippen molar-refractivity contribution in [3.8, 4) is 16.3 Å². The summed E-state index contributed by atoms with van der Waals surface area (Å²) < 4.78 is 7.62. The summed E-state index contributed by atoms with van der Waals surface area (Å²) in [4.78, 5) is 8.42. The Labute approximate surface area is 152 Å². The number of benzene rings is 1. The van der Waals surface area contributed by atoms with Gasteiger partial charge in [0, 0.05) is 33.4 Å². The molecule has 25 heavy (non-hydrogen) atoms. The first kappa shape index (κ1) is 15.4. The SMILES string of the molecule is CC1C(Oc2ccc(-c3cc4ccccc4s3)cn2)C2CCN1CC2. The number of fused-ring (bicyclic) bond motifs is 4. The van der Waals surface area contributed by atoms with Crippen molar-refractivity contribution < 1.29 is 4.74 Å². The number of pyridine rings is 1. The Morgan fingerprint density at radius 1 is 1.12 bits per heavy atom. The van der Waals surface area contributed by atoms with E-state index in [0.29, 0.717) is 12.0 Å². The van der Waals surface area contributed by atoms with Crippen molar-refractivity contribution in [2.24, 2.45) is 5.92 Å². The lowest BCUT2D eigenvalue weighted by Gasteiger charge is -2.49. The maximum Gasteiger partial charge on any atom is 0.213 e. The molecule has 0 amide bonds. The predicted octanol–water partition coefficient (Wildman–Crippen LogP) is 4.82. The number of piperidine rings is 3. The molecular formula is C21H22N2OS. The third-order valence-electron chi connectivity index (χ3n) is 5.79. The largest absolute Gasteiger partial charge is 0.472 e. The van der Waals surface area contributed by atoms with E-state index in [9.17, 15) is 0 Å². The standard InChI is InChI=1S/C21H22N2OS/c1-14-21(15-8-10-23(14)11-9-15)24-20-7-6-17(13-22-20)19-12-16-4-2-3-5-18(16)25-19/h2-7,12-15,21H,8-11H2,1H3. The zero-order valence-corrected chi connectivity index (χ0v) is 15.2. The van der Waals surface area contributed by atoms with Crippen LogP contribution >= 0.6 is 11.3 Å². The van der Waals surface area contributed by atoms with E-state index >= 15 is 0 Å². The van der Waals surface area contributed by atoms with Crippen molar-refractivity contribution in [1.82, 2.24) is 9.88 Å². The van der Waals surface area contributed by atoms with Crippen molar-refractivity contribution in [1.29, 1.82) is 0 Å². The van der Waals surface area contributed by atoms with E-state index in [1.54, 1.807) is 0 Å². The second-order valence-corrected chi connectivity index (χ2v) is 8.31. The summed E-state index contributed by atoms with van der Waals surface area (Å²) in [5, 5.41) is 1.30. The molecule has 0 N–H and O–H groups in total. The van der Waals surface area contributed by atoms with E-state index in [4.69, 9.17) is 4.74 Å². The van der Waals surface area contributed by atoms with E-state index in [-0.39, 0.29) is 6.10 Å². The van der Waals surface area contributed by atoms with E-state index in [0.717, 1.165) is 11.4 Å². The van der Waals surface area contributed by atoms with Crippen LogP contribution in [0.2, 0.25) is 0 Å². The minimum Gasteiger partial charge on any atom is -0.472 e. The molecule has 2 aromatic heterocycles. The lowest BCUT2D eigenvalue weighted by atomic mass is 9.81. The van der Waals surface area contributed by atoms with Gasteiger partial charge in [-0.3, -0.25) is 4.90 Å². The highest BCUT2D eigenvalue weighted by Gasteiger charge is 2.41. The van der Waals surface area contributed by atoms with Crippen LogP contribution < -0.4 is 4.74 Å². The third kappa shape index (κ3) is 2.74. The van der Waals surface area contributed by atoms with Crippen molar-refractivity contribution in [3.63, 3.8) is 0 Å². The Morgan fingerprint density at radius 3 is 2.68 bits per heavy atom. The minimum atomic E-state index is 0.283. The normalized spacial score (nSPS) is 28.4. The quantitative estimate of drug-likeness (QED) is 0.677. The monoisotopic (exact) mass is 350 g/mol. The fourth-order valence-corrected chi connectivity index (χ4v) is 5.36. The van der Waals surface area contributed by atoms with Crippen LogP contribution in [-0.4, -0.2) is 35.1 Å². The van der Waals surface area contributed by atoms with E-state index in [1.807, 2.05) is 23.6 Å². The van der Waals surface area contributed by atoms with Crippen LogP contribution in [0.1, 0.15) is 19.8 Å². The van der Waals surface area contributed by atoms with E-state index in [2.05, 4.69) is 53.2 Å². The molecule has 3 aromatic rings. The van der Waals surface area contributed by atoms with Crippen molar-refractivity contribution >= 4 is 21.4 Å². The number of ether oxygens (including phenoxy) is 1. The van der Waals surface area contributed by atoms with E-state index in [1.165, 1.54) is 40.9 Å². The molecule has 6 rings (SSSR count). The summed E-state index contributed by atoms with van der Waals surface area (Å²) in [6.07, 6.45) is 4.75. The second-order valence-electron chi connectivity index (χ2n) is 7.23. The molecule has 2 unspecified atom stereocenters. The molecule has 0 radical (unpaired) electrons. The molecule has 2 bridgehead atoms. The molecule has 3 nitrogen and oxygen atoms in total. The first-order chi connectivity index (χ1) is 12.3. The number of hydrogen-bond acceptors (Lipinski definition) is 4. The molecule has 3 aliphatic rings. The van der Waals surface area contributed by atoms with Gasteiger partial charge in [0.2, 0.25) is 5.88 Å². The highest BCUT2D eigenvalue weighted by molar-refractivity contribution is 7.22. The van der Waals surface area contributed by atoms with Crippen LogP contribution in [0.4, 0.5) is 0 Å². The van der Waals surface area contributed by atoms with Gasteiger partial charge in [-0.05, 0) is 62.4 Å². The fraction of sp³-hybridized carbons (Fsp3) is 0.381. The maximum atomic E-state index is 6.30. The summed E-state index contributed by atoms with van der Waals surface area (Å²) in [6.45, 7) is 4.75. The Bertz CT molecular complexity index is 845. The number of aromatic nitrogens is 1. The second kappa shape index (κ2) is 6.11.